The molecule has 0 saturated heterocycles. The fraction of sp³-hybridized carbons (Fsp3) is 0.0400. The maximum absolute atomic E-state index is 12.6. The standard InChI is InChI=1S/C25H21N3O2/c29-25(23-13-4-5-14-24(23)28-15-6-7-16-28)27-26-18-21-11-8-12-22(17-21)30-19-20-9-2-1-3-10-20/h1-18H,19H2,(H,27,29). The van der Waals surface area contributed by atoms with Gasteiger partial charge in [0.25, 0.3) is 5.91 Å². The summed E-state index contributed by atoms with van der Waals surface area (Å²) >= 11 is 0. The summed E-state index contributed by atoms with van der Waals surface area (Å²) in [5.41, 5.74) is 5.88. The van der Waals surface area contributed by atoms with Gasteiger partial charge in [0, 0.05) is 12.4 Å². The quantitative estimate of drug-likeness (QED) is 0.360. The van der Waals surface area contributed by atoms with Gasteiger partial charge < -0.3 is 9.30 Å². The molecule has 1 aromatic heterocycles. The third-order valence-corrected chi connectivity index (χ3v) is 4.52. The highest BCUT2D eigenvalue weighted by atomic mass is 16.5. The molecule has 4 rings (SSSR count). The first kappa shape index (κ1) is 19.2. The number of hydrogen-bond donors (Lipinski definition) is 1. The minimum Gasteiger partial charge on any atom is -0.489 e. The Hall–Kier alpha value is -4.12. The summed E-state index contributed by atoms with van der Waals surface area (Å²) in [5.74, 6) is 0.471. The predicted molar refractivity (Wildman–Crippen MR) is 118 cm³/mol. The van der Waals surface area contributed by atoms with Crippen molar-refractivity contribution in [3.8, 4) is 11.4 Å². The van der Waals surface area contributed by atoms with E-state index in [1.54, 1.807) is 12.3 Å². The van der Waals surface area contributed by atoms with Crippen LogP contribution in [0.4, 0.5) is 0 Å². The maximum Gasteiger partial charge on any atom is 0.273 e. The minimum atomic E-state index is -0.271. The predicted octanol–water partition coefficient (Wildman–Crippen LogP) is 4.82. The van der Waals surface area contributed by atoms with Crippen molar-refractivity contribution < 1.29 is 9.53 Å². The molecule has 0 spiro atoms. The number of benzene rings is 3. The highest BCUT2D eigenvalue weighted by Gasteiger charge is 2.10. The van der Waals surface area contributed by atoms with Gasteiger partial charge in [0.05, 0.1) is 17.5 Å². The van der Waals surface area contributed by atoms with Crippen LogP contribution in [0, 0.1) is 0 Å². The van der Waals surface area contributed by atoms with Crippen molar-refractivity contribution in [3.63, 3.8) is 0 Å². The maximum atomic E-state index is 12.6. The highest BCUT2D eigenvalue weighted by molar-refractivity contribution is 5.98. The van der Waals surface area contributed by atoms with Crippen molar-refractivity contribution in [3.05, 3.63) is 120 Å². The van der Waals surface area contributed by atoms with Gasteiger partial charge in [-0.25, -0.2) is 5.43 Å². The molecule has 0 atom stereocenters. The number of ether oxygens (including phenoxy) is 1. The fourth-order valence-electron chi connectivity index (χ4n) is 3.04. The molecule has 30 heavy (non-hydrogen) atoms. The Morgan fingerprint density at radius 1 is 0.900 bits per heavy atom. The second-order valence-electron chi connectivity index (χ2n) is 6.65. The van der Waals surface area contributed by atoms with E-state index in [0.29, 0.717) is 12.2 Å². The molecule has 5 nitrogen and oxygen atoms in total. The Balaban J connectivity index is 1.40. The number of para-hydroxylation sites is 1. The summed E-state index contributed by atoms with van der Waals surface area (Å²) in [7, 11) is 0. The average Bonchev–Trinajstić information content (AvgIpc) is 3.33. The summed E-state index contributed by atoms with van der Waals surface area (Å²) in [4.78, 5) is 12.6. The zero-order valence-corrected chi connectivity index (χ0v) is 16.3. The van der Waals surface area contributed by atoms with Crippen molar-refractivity contribution in [2.24, 2.45) is 5.10 Å². The fourth-order valence-corrected chi connectivity index (χ4v) is 3.04. The lowest BCUT2D eigenvalue weighted by molar-refractivity contribution is 0.0955. The van der Waals surface area contributed by atoms with Gasteiger partial charge in [0.2, 0.25) is 0 Å². The number of hydrazone groups is 1. The SMILES string of the molecule is O=C(NN=Cc1cccc(OCc2ccccc2)c1)c1ccccc1-n1cccc1. The van der Waals surface area contributed by atoms with Gasteiger partial charge in [0.15, 0.2) is 0 Å². The molecule has 0 unspecified atom stereocenters. The van der Waals surface area contributed by atoms with E-state index < -0.39 is 0 Å². The van der Waals surface area contributed by atoms with Gasteiger partial charge in [-0.2, -0.15) is 5.10 Å². The smallest absolute Gasteiger partial charge is 0.273 e. The van der Waals surface area contributed by atoms with Crippen molar-refractivity contribution in [1.82, 2.24) is 9.99 Å². The number of nitrogens with one attached hydrogen (secondary N) is 1. The molecule has 0 aliphatic carbocycles. The normalized spacial score (nSPS) is 10.8. The molecular weight excluding hydrogens is 374 g/mol. The van der Waals surface area contributed by atoms with E-state index >= 15 is 0 Å². The molecular formula is C25H21N3O2. The van der Waals surface area contributed by atoms with E-state index in [0.717, 1.165) is 22.6 Å². The summed E-state index contributed by atoms with van der Waals surface area (Å²) in [5, 5.41) is 4.11. The molecule has 5 heteroatoms. The lowest BCUT2D eigenvalue weighted by Gasteiger charge is -2.09. The van der Waals surface area contributed by atoms with Gasteiger partial charge in [-0.15, -0.1) is 0 Å². The van der Waals surface area contributed by atoms with Crippen LogP contribution in [0.3, 0.4) is 0 Å². The highest BCUT2D eigenvalue weighted by Crippen LogP contribution is 2.16. The number of nitrogens with zero attached hydrogens (tertiary/aromatic N) is 2. The molecule has 3 aromatic carbocycles. The van der Waals surface area contributed by atoms with Crippen LogP contribution in [0.25, 0.3) is 5.69 Å². The number of carbonyl (C=O) groups is 1. The van der Waals surface area contributed by atoms with Crippen LogP contribution in [0.2, 0.25) is 0 Å². The minimum absolute atomic E-state index is 0.271. The number of amides is 1. The summed E-state index contributed by atoms with van der Waals surface area (Å²) < 4.78 is 7.73. The second-order valence-corrected chi connectivity index (χ2v) is 6.65. The van der Waals surface area contributed by atoms with E-state index in [1.165, 1.54) is 0 Å². The molecule has 1 N–H and O–H groups in total. The van der Waals surface area contributed by atoms with Gasteiger partial charge >= 0.3 is 0 Å². The van der Waals surface area contributed by atoms with Gasteiger partial charge in [-0.3, -0.25) is 4.79 Å². The van der Waals surface area contributed by atoms with Gasteiger partial charge in [-0.05, 0) is 47.5 Å². The zero-order valence-electron chi connectivity index (χ0n) is 16.3. The molecule has 1 heterocycles. The summed E-state index contributed by atoms with van der Waals surface area (Å²) in [6.45, 7) is 0.494. The summed E-state index contributed by atoms with van der Waals surface area (Å²) in [6.07, 6.45) is 5.40. The molecule has 0 radical (unpaired) electrons. The average molecular weight is 395 g/mol. The first-order valence-electron chi connectivity index (χ1n) is 9.62. The first-order valence-corrected chi connectivity index (χ1v) is 9.62. The molecule has 148 valence electrons. The Morgan fingerprint density at radius 2 is 1.67 bits per heavy atom. The lowest BCUT2D eigenvalue weighted by Crippen LogP contribution is -2.19. The summed E-state index contributed by atoms with van der Waals surface area (Å²) in [6, 6.07) is 28.8. The van der Waals surface area contributed by atoms with E-state index in [1.807, 2.05) is 102 Å². The number of hydrogen-bond acceptors (Lipinski definition) is 3. The van der Waals surface area contributed by atoms with Crippen LogP contribution in [-0.4, -0.2) is 16.7 Å². The molecule has 0 bridgehead atoms. The molecule has 0 saturated carbocycles. The van der Waals surface area contributed by atoms with E-state index in [2.05, 4.69) is 10.5 Å². The molecule has 0 aliphatic heterocycles. The van der Waals surface area contributed by atoms with E-state index in [4.69, 9.17) is 4.74 Å². The molecule has 1 amide bonds. The first-order chi connectivity index (χ1) is 14.8. The van der Waals surface area contributed by atoms with Crippen LogP contribution >= 0.6 is 0 Å². The molecule has 0 fully saturated rings. The Bertz CT molecular complexity index is 1140. The largest absolute Gasteiger partial charge is 0.489 e. The van der Waals surface area contributed by atoms with Crippen LogP contribution in [0.1, 0.15) is 21.5 Å². The molecule has 0 aliphatic rings. The number of carbonyl (C=O) groups excluding carboxylic acids is 1. The third-order valence-electron chi connectivity index (χ3n) is 4.52. The van der Waals surface area contributed by atoms with Crippen molar-refractivity contribution >= 4 is 12.1 Å². The molecule has 4 aromatic rings. The lowest BCUT2D eigenvalue weighted by atomic mass is 10.1. The van der Waals surface area contributed by atoms with Crippen LogP contribution in [-0.2, 0) is 6.61 Å². The van der Waals surface area contributed by atoms with Crippen LogP contribution in [0.5, 0.6) is 5.75 Å². The Kier molecular flexibility index (Phi) is 6.01. The third kappa shape index (κ3) is 4.83. The number of rotatable bonds is 7. The zero-order chi connectivity index (χ0) is 20.6. The van der Waals surface area contributed by atoms with E-state index in [-0.39, 0.29) is 5.91 Å². The Morgan fingerprint density at radius 3 is 2.50 bits per heavy atom. The van der Waals surface area contributed by atoms with Crippen LogP contribution < -0.4 is 10.2 Å². The van der Waals surface area contributed by atoms with Crippen molar-refractivity contribution in [1.29, 1.82) is 0 Å². The van der Waals surface area contributed by atoms with Gasteiger partial charge in [0.1, 0.15) is 12.4 Å². The monoisotopic (exact) mass is 395 g/mol. The topological polar surface area (TPSA) is 55.6 Å². The Labute approximate surface area is 175 Å². The van der Waals surface area contributed by atoms with Crippen LogP contribution in [0.15, 0.2) is 108 Å². The van der Waals surface area contributed by atoms with Crippen molar-refractivity contribution in [2.45, 2.75) is 6.61 Å². The van der Waals surface area contributed by atoms with Crippen molar-refractivity contribution in [2.75, 3.05) is 0 Å². The number of aromatic nitrogens is 1. The van der Waals surface area contributed by atoms with E-state index in [9.17, 15) is 4.79 Å². The van der Waals surface area contributed by atoms with Gasteiger partial charge in [-0.1, -0.05) is 54.6 Å². The second kappa shape index (κ2) is 9.39.